The van der Waals surface area contributed by atoms with Crippen LogP contribution in [0.2, 0.25) is 0 Å². The van der Waals surface area contributed by atoms with Gasteiger partial charge in [-0.3, -0.25) is 4.79 Å². The van der Waals surface area contributed by atoms with E-state index < -0.39 is 5.97 Å². The largest absolute Gasteiger partial charge is 0.481 e. The van der Waals surface area contributed by atoms with Gasteiger partial charge in [0, 0.05) is 13.1 Å². The van der Waals surface area contributed by atoms with Crippen LogP contribution in [-0.2, 0) is 16.1 Å². The van der Waals surface area contributed by atoms with Crippen molar-refractivity contribution in [2.24, 2.45) is 11.8 Å². The maximum Gasteiger partial charge on any atom is 0.410 e. The highest BCUT2D eigenvalue weighted by Gasteiger charge is 2.33. The fourth-order valence-electron chi connectivity index (χ4n) is 2.49. The van der Waals surface area contributed by atoms with Crippen molar-refractivity contribution in [1.82, 2.24) is 4.90 Å². The zero-order valence-corrected chi connectivity index (χ0v) is 11.5. The van der Waals surface area contributed by atoms with Crippen LogP contribution in [0.25, 0.3) is 0 Å². The Kier molecular flexibility index (Phi) is 4.61. The molecule has 5 nitrogen and oxygen atoms in total. The summed E-state index contributed by atoms with van der Waals surface area (Å²) in [6.45, 7) is 2.97. The Balaban J connectivity index is 1.84. The smallest absolute Gasteiger partial charge is 0.410 e. The number of ether oxygens (including phenoxy) is 1. The van der Waals surface area contributed by atoms with Crippen molar-refractivity contribution in [2.45, 2.75) is 20.0 Å². The number of carbonyl (C=O) groups is 2. The Hall–Kier alpha value is -2.04. The van der Waals surface area contributed by atoms with Crippen LogP contribution in [0.15, 0.2) is 30.3 Å². The lowest BCUT2D eigenvalue weighted by atomic mass is 9.87. The number of hydrogen-bond acceptors (Lipinski definition) is 3. The standard InChI is InChI=1S/C15H19NO4/c1-11-9-16(8-7-13(11)14(17)18)15(19)20-10-12-5-3-2-4-6-12/h2-6,11,13H,7-10H2,1H3,(H,17,18). The molecule has 1 aromatic rings. The van der Waals surface area contributed by atoms with Gasteiger partial charge in [-0.2, -0.15) is 0 Å². The molecule has 0 aromatic heterocycles. The number of carboxylic acids is 1. The first-order valence-electron chi connectivity index (χ1n) is 6.76. The van der Waals surface area contributed by atoms with Crippen LogP contribution in [-0.4, -0.2) is 35.2 Å². The van der Waals surface area contributed by atoms with Crippen LogP contribution in [0, 0.1) is 11.8 Å². The molecular formula is C15H19NO4. The van der Waals surface area contributed by atoms with Gasteiger partial charge in [-0.25, -0.2) is 4.79 Å². The van der Waals surface area contributed by atoms with Crippen LogP contribution < -0.4 is 0 Å². The Morgan fingerprint density at radius 1 is 1.35 bits per heavy atom. The van der Waals surface area contributed by atoms with Gasteiger partial charge in [-0.1, -0.05) is 37.3 Å². The van der Waals surface area contributed by atoms with E-state index in [1.165, 1.54) is 0 Å². The highest BCUT2D eigenvalue weighted by atomic mass is 16.6. The first-order chi connectivity index (χ1) is 9.58. The number of likely N-dealkylation sites (tertiary alicyclic amines) is 1. The fraction of sp³-hybridized carbons (Fsp3) is 0.467. The van der Waals surface area contributed by atoms with Gasteiger partial charge in [-0.05, 0) is 17.9 Å². The summed E-state index contributed by atoms with van der Waals surface area (Å²) in [5.41, 5.74) is 0.939. The third-order valence-electron chi connectivity index (χ3n) is 3.69. The number of carbonyl (C=O) groups excluding carboxylic acids is 1. The summed E-state index contributed by atoms with van der Waals surface area (Å²) in [6.07, 6.45) is 0.112. The van der Waals surface area contributed by atoms with Gasteiger partial charge in [0.2, 0.25) is 0 Å². The second-order valence-corrected chi connectivity index (χ2v) is 5.20. The van der Waals surface area contributed by atoms with E-state index in [-0.39, 0.29) is 24.5 Å². The van der Waals surface area contributed by atoms with Crippen molar-refractivity contribution in [2.75, 3.05) is 13.1 Å². The Labute approximate surface area is 118 Å². The minimum atomic E-state index is -0.783. The maximum atomic E-state index is 11.9. The van der Waals surface area contributed by atoms with Crippen molar-refractivity contribution in [3.05, 3.63) is 35.9 Å². The van der Waals surface area contributed by atoms with Crippen molar-refractivity contribution >= 4 is 12.1 Å². The van der Waals surface area contributed by atoms with Gasteiger partial charge >= 0.3 is 12.1 Å². The molecule has 1 aliphatic rings. The average molecular weight is 277 g/mol. The minimum absolute atomic E-state index is 0.0504. The van der Waals surface area contributed by atoms with Crippen LogP contribution in [0.1, 0.15) is 18.9 Å². The molecule has 2 atom stereocenters. The highest BCUT2D eigenvalue weighted by molar-refractivity contribution is 5.72. The zero-order chi connectivity index (χ0) is 14.5. The SMILES string of the molecule is CC1CN(C(=O)OCc2ccccc2)CCC1C(=O)O. The Morgan fingerprint density at radius 2 is 2.05 bits per heavy atom. The molecule has 20 heavy (non-hydrogen) atoms. The first-order valence-corrected chi connectivity index (χ1v) is 6.76. The summed E-state index contributed by atoms with van der Waals surface area (Å²) < 4.78 is 5.25. The van der Waals surface area contributed by atoms with Crippen LogP contribution >= 0.6 is 0 Å². The lowest BCUT2D eigenvalue weighted by Gasteiger charge is -2.34. The molecule has 2 rings (SSSR count). The number of amides is 1. The monoisotopic (exact) mass is 277 g/mol. The topological polar surface area (TPSA) is 66.8 Å². The number of hydrogen-bond donors (Lipinski definition) is 1. The predicted octanol–water partition coefficient (Wildman–Crippen LogP) is 2.37. The number of nitrogens with zero attached hydrogens (tertiary/aromatic N) is 1. The van der Waals surface area contributed by atoms with Gasteiger partial charge in [0.15, 0.2) is 0 Å². The first kappa shape index (κ1) is 14.4. The van der Waals surface area contributed by atoms with Gasteiger partial charge in [0.05, 0.1) is 5.92 Å². The summed E-state index contributed by atoms with van der Waals surface area (Å²) >= 11 is 0. The maximum absolute atomic E-state index is 11.9. The lowest BCUT2D eigenvalue weighted by Crippen LogP contribution is -2.45. The average Bonchev–Trinajstić information content (AvgIpc) is 2.45. The fourth-order valence-corrected chi connectivity index (χ4v) is 2.49. The van der Waals surface area contributed by atoms with Crippen molar-refractivity contribution in [1.29, 1.82) is 0 Å². The molecule has 1 amide bonds. The molecule has 5 heteroatoms. The normalized spacial score (nSPS) is 22.4. The van der Waals surface area contributed by atoms with Crippen LogP contribution in [0.5, 0.6) is 0 Å². The molecule has 0 bridgehead atoms. The number of aliphatic carboxylic acids is 1. The molecule has 2 unspecified atom stereocenters. The second-order valence-electron chi connectivity index (χ2n) is 5.20. The molecule has 1 N–H and O–H groups in total. The molecule has 1 fully saturated rings. The molecule has 1 aliphatic heterocycles. The summed E-state index contributed by atoms with van der Waals surface area (Å²) in [4.78, 5) is 24.6. The van der Waals surface area contributed by atoms with Crippen molar-refractivity contribution in [3.63, 3.8) is 0 Å². The summed E-state index contributed by atoms with van der Waals surface area (Å²) in [5.74, 6) is -1.20. The van der Waals surface area contributed by atoms with Gasteiger partial charge in [0.25, 0.3) is 0 Å². The van der Waals surface area contributed by atoms with E-state index in [0.717, 1.165) is 5.56 Å². The molecule has 1 aromatic carbocycles. The number of piperidine rings is 1. The predicted molar refractivity (Wildman–Crippen MR) is 73.1 cm³/mol. The van der Waals surface area contributed by atoms with Crippen molar-refractivity contribution in [3.8, 4) is 0 Å². The summed E-state index contributed by atoms with van der Waals surface area (Å²) in [6, 6.07) is 9.48. The number of rotatable bonds is 3. The molecule has 0 saturated carbocycles. The van der Waals surface area contributed by atoms with E-state index in [2.05, 4.69) is 0 Å². The van der Waals surface area contributed by atoms with E-state index in [1.807, 2.05) is 37.3 Å². The molecule has 1 saturated heterocycles. The van der Waals surface area contributed by atoms with Gasteiger partial charge in [0.1, 0.15) is 6.61 Å². The van der Waals surface area contributed by atoms with E-state index in [9.17, 15) is 9.59 Å². The van der Waals surface area contributed by atoms with E-state index in [0.29, 0.717) is 19.5 Å². The third-order valence-corrected chi connectivity index (χ3v) is 3.69. The van der Waals surface area contributed by atoms with E-state index in [4.69, 9.17) is 9.84 Å². The highest BCUT2D eigenvalue weighted by Crippen LogP contribution is 2.24. The molecule has 0 radical (unpaired) electrons. The van der Waals surface area contributed by atoms with Crippen LogP contribution in [0.3, 0.4) is 0 Å². The molecule has 0 aliphatic carbocycles. The second kappa shape index (κ2) is 6.41. The zero-order valence-electron chi connectivity index (χ0n) is 11.5. The lowest BCUT2D eigenvalue weighted by molar-refractivity contribution is -0.145. The molecular weight excluding hydrogens is 258 g/mol. The Bertz CT molecular complexity index is 474. The molecule has 108 valence electrons. The van der Waals surface area contributed by atoms with Gasteiger partial charge < -0.3 is 14.7 Å². The number of benzene rings is 1. The van der Waals surface area contributed by atoms with Crippen LogP contribution in [0.4, 0.5) is 4.79 Å². The summed E-state index contributed by atoms with van der Waals surface area (Å²) in [7, 11) is 0. The quantitative estimate of drug-likeness (QED) is 0.921. The Morgan fingerprint density at radius 3 is 2.65 bits per heavy atom. The van der Waals surface area contributed by atoms with Gasteiger partial charge in [-0.15, -0.1) is 0 Å². The molecule has 1 heterocycles. The summed E-state index contributed by atoms with van der Waals surface area (Å²) in [5, 5.41) is 9.05. The van der Waals surface area contributed by atoms with E-state index >= 15 is 0 Å². The molecule has 0 spiro atoms. The third kappa shape index (κ3) is 3.50. The van der Waals surface area contributed by atoms with E-state index in [1.54, 1.807) is 4.90 Å². The minimum Gasteiger partial charge on any atom is -0.481 e. The number of carboxylic acid groups (broad SMARTS) is 1. The van der Waals surface area contributed by atoms with Crippen molar-refractivity contribution < 1.29 is 19.4 Å².